The summed E-state index contributed by atoms with van der Waals surface area (Å²) in [6.45, 7) is 7.25. The number of hydrogen-bond donors (Lipinski definition) is 0. The predicted molar refractivity (Wildman–Crippen MR) is 109 cm³/mol. The van der Waals surface area contributed by atoms with Gasteiger partial charge in [-0.25, -0.2) is 0 Å². The highest BCUT2D eigenvalue weighted by atomic mass is 16.5. The molecular formula is C22H27N3O2. The minimum atomic E-state index is -0.0437. The Bertz CT molecular complexity index is 809. The molecule has 0 atom stereocenters. The molecule has 0 radical (unpaired) electrons. The zero-order chi connectivity index (χ0) is 19.8. The van der Waals surface area contributed by atoms with E-state index in [1.54, 1.807) is 4.90 Å². The van der Waals surface area contributed by atoms with Gasteiger partial charge in [-0.05, 0) is 62.2 Å². The van der Waals surface area contributed by atoms with Gasteiger partial charge in [0.05, 0.1) is 25.6 Å². The van der Waals surface area contributed by atoms with Crippen LogP contribution in [-0.4, -0.2) is 32.7 Å². The Hall–Kier alpha value is -3.00. The normalized spacial score (nSPS) is 10.2. The SMILES string of the molecule is CCOc1ccc(N(CCC#N)C(=O)CN(C)c2cccc(C)c2C)cc1. The van der Waals surface area contributed by atoms with Crippen molar-refractivity contribution < 1.29 is 9.53 Å². The number of carbonyl (C=O) groups is 1. The molecule has 2 rings (SSSR count). The Morgan fingerprint density at radius 2 is 1.85 bits per heavy atom. The molecule has 2 aromatic rings. The standard InChI is InChI=1S/C22H27N3O2/c1-5-27-20-12-10-19(11-13-20)25(15-7-14-23)22(26)16-24(4)21-9-6-8-17(2)18(21)3/h6,8-13H,5,7,15-16H2,1-4H3. The fraction of sp³-hybridized carbons (Fsp3) is 0.364. The van der Waals surface area contributed by atoms with Crippen LogP contribution in [0.1, 0.15) is 24.5 Å². The number of aryl methyl sites for hydroxylation is 1. The van der Waals surface area contributed by atoms with Gasteiger partial charge in [-0.1, -0.05) is 12.1 Å². The average Bonchev–Trinajstić information content (AvgIpc) is 2.65. The first-order valence-corrected chi connectivity index (χ1v) is 9.15. The second-order valence-corrected chi connectivity index (χ2v) is 6.46. The van der Waals surface area contributed by atoms with Gasteiger partial charge in [0.15, 0.2) is 0 Å². The highest BCUT2D eigenvalue weighted by Gasteiger charge is 2.18. The number of anilines is 2. The van der Waals surface area contributed by atoms with E-state index in [4.69, 9.17) is 10.00 Å². The highest BCUT2D eigenvalue weighted by Crippen LogP contribution is 2.23. The summed E-state index contributed by atoms with van der Waals surface area (Å²) < 4.78 is 5.46. The molecule has 5 nitrogen and oxygen atoms in total. The van der Waals surface area contributed by atoms with Crippen LogP contribution in [0, 0.1) is 25.2 Å². The number of nitriles is 1. The molecule has 0 unspecified atom stereocenters. The summed E-state index contributed by atoms with van der Waals surface area (Å²) in [7, 11) is 1.92. The second-order valence-electron chi connectivity index (χ2n) is 6.46. The van der Waals surface area contributed by atoms with E-state index in [0.29, 0.717) is 13.2 Å². The zero-order valence-electron chi connectivity index (χ0n) is 16.5. The van der Waals surface area contributed by atoms with Crippen LogP contribution in [0.4, 0.5) is 11.4 Å². The van der Waals surface area contributed by atoms with Crippen LogP contribution in [0.5, 0.6) is 5.75 Å². The van der Waals surface area contributed by atoms with Crippen molar-refractivity contribution in [2.45, 2.75) is 27.2 Å². The number of ether oxygens (including phenoxy) is 1. The Morgan fingerprint density at radius 3 is 2.48 bits per heavy atom. The van der Waals surface area contributed by atoms with Gasteiger partial charge in [-0.2, -0.15) is 5.26 Å². The fourth-order valence-corrected chi connectivity index (χ4v) is 2.97. The number of nitrogens with zero attached hydrogens (tertiary/aromatic N) is 3. The lowest BCUT2D eigenvalue weighted by molar-refractivity contribution is -0.117. The summed E-state index contributed by atoms with van der Waals surface area (Å²) in [5, 5.41) is 8.97. The van der Waals surface area contributed by atoms with Crippen LogP contribution < -0.4 is 14.5 Å². The first-order valence-electron chi connectivity index (χ1n) is 9.15. The van der Waals surface area contributed by atoms with Crippen LogP contribution in [0.15, 0.2) is 42.5 Å². The molecule has 0 spiro atoms. The van der Waals surface area contributed by atoms with Gasteiger partial charge in [-0.3, -0.25) is 4.79 Å². The van der Waals surface area contributed by atoms with E-state index in [1.165, 1.54) is 5.56 Å². The molecular weight excluding hydrogens is 338 g/mol. The van der Waals surface area contributed by atoms with Gasteiger partial charge >= 0.3 is 0 Å². The van der Waals surface area contributed by atoms with Crippen LogP contribution in [-0.2, 0) is 4.79 Å². The Kier molecular flexibility index (Phi) is 7.25. The molecule has 0 aromatic heterocycles. The number of hydrogen-bond acceptors (Lipinski definition) is 4. The third-order valence-corrected chi connectivity index (χ3v) is 4.57. The molecule has 0 bridgehead atoms. The summed E-state index contributed by atoms with van der Waals surface area (Å²) in [6.07, 6.45) is 0.284. The zero-order valence-corrected chi connectivity index (χ0v) is 16.5. The first kappa shape index (κ1) is 20.3. The van der Waals surface area contributed by atoms with Gasteiger partial charge in [0.25, 0.3) is 0 Å². The third kappa shape index (κ3) is 5.24. The van der Waals surface area contributed by atoms with Crippen molar-refractivity contribution in [1.29, 1.82) is 5.26 Å². The summed E-state index contributed by atoms with van der Waals surface area (Å²) in [5.74, 6) is 0.722. The van der Waals surface area contributed by atoms with Crippen molar-refractivity contribution >= 4 is 17.3 Å². The van der Waals surface area contributed by atoms with Gasteiger partial charge in [0.1, 0.15) is 5.75 Å². The van der Waals surface area contributed by atoms with E-state index in [-0.39, 0.29) is 18.9 Å². The van der Waals surface area contributed by atoms with Crippen molar-refractivity contribution in [3.8, 4) is 11.8 Å². The summed E-state index contributed by atoms with van der Waals surface area (Å²) in [6, 6.07) is 15.6. The van der Waals surface area contributed by atoms with Crippen LogP contribution in [0.25, 0.3) is 0 Å². The van der Waals surface area contributed by atoms with Crippen molar-refractivity contribution in [3.63, 3.8) is 0 Å². The van der Waals surface area contributed by atoms with Gasteiger partial charge in [0.2, 0.25) is 5.91 Å². The van der Waals surface area contributed by atoms with E-state index in [2.05, 4.69) is 26.0 Å². The maximum atomic E-state index is 13.0. The molecule has 142 valence electrons. The molecule has 27 heavy (non-hydrogen) atoms. The topological polar surface area (TPSA) is 56.6 Å². The van der Waals surface area contributed by atoms with Gasteiger partial charge in [0, 0.05) is 25.0 Å². The van der Waals surface area contributed by atoms with E-state index in [9.17, 15) is 4.79 Å². The molecule has 0 fully saturated rings. The molecule has 0 aliphatic carbocycles. The minimum Gasteiger partial charge on any atom is -0.494 e. The molecule has 0 saturated heterocycles. The molecule has 0 heterocycles. The van der Waals surface area contributed by atoms with Crippen molar-refractivity contribution in [1.82, 2.24) is 0 Å². The Morgan fingerprint density at radius 1 is 1.15 bits per heavy atom. The molecule has 2 aromatic carbocycles. The number of amides is 1. The first-order chi connectivity index (χ1) is 13.0. The smallest absolute Gasteiger partial charge is 0.246 e. The molecule has 0 N–H and O–H groups in total. The van der Waals surface area contributed by atoms with Crippen LogP contribution in [0.2, 0.25) is 0 Å². The molecule has 0 aliphatic rings. The fourth-order valence-electron chi connectivity index (χ4n) is 2.97. The maximum Gasteiger partial charge on any atom is 0.246 e. The van der Waals surface area contributed by atoms with E-state index < -0.39 is 0 Å². The number of likely N-dealkylation sites (N-methyl/N-ethyl adjacent to an activating group) is 1. The maximum absolute atomic E-state index is 13.0. The monoisotopic (exact) mass is 365 g/mol. The lowest BCUT2D eigenvalue weighted by atomic mass is 10.1. The van der Waals surface area contributed by atoms with Crippen molar-refractivity contribution in [2.24, 2.45) is 0 Å². The van der Waals surface area contributed by atoms with Gasteiger partial charge in [-0.15, -0.1) is 0 Å². The highest BCUT2D eigenvalue weighted by molar-refractivity contribution is 5.96. The van der Waals surface area contributed by atoms with Crippen molar-refractivity contribution in [2.75, 3.05) is 36.5 Å². The lowest BCUT2D eigenvalue weighted by Crippen LogP contribution is -2.40. The van der Waals surface area contributed by atoms with E-state index in [0.717, 1.165) is 22.7 Å². The van der Waals surface area contributed by atoms with Crippen LogP contribution in [0.3, 0.4) is 0 Å². The second kappa shape index (κ2) is 9.63. The number of carbonyl (C=O) groups excluding carboxylic acids is 1. The van der Waals surface area contributed by atoms with Crippen molar-refractivity contribution in [3.05, 3.63) is 53.6 Å². The number of rotatable bonds is 8. The Balaban J connectivity index is 2.18. The Labute approximate surface area is 161 Å². The lowest BCUT2D eigenvalue weighted by Gasteiger charge is -2.27. The summed E-state index contributed by atoms with van der Waals surface area (Å²) >= 11 is 0. The molecule has 5 heteroatoms. The van der Waals surface area contributed by atoms with Gasteiger partial charge < -0.3 is 14.5 Å². The predicted octanol–water partition coefficient (Wildman–Crippen LogP) is 4.09. The molecule has 0 saturated carbocycles. The third-order valence-electron chi connectivity index (χ3n) is 4.57. The van der Waals surface area contributed by atoms with Crippen LogP contribution >= 0.6 is 0 Å². The largest absolute Gasteiger partial charge is 0.494 e. The average molecular weight is 365 g/mol. The minimum absolute atomic E-state index is 0.0437. The molecule has 1 amide bonds. The summed E-state index contributed by atoms with van der Waals surface area (Å²) in [4.78, 5) is 16.6. The van der Waals surface area contributed by atoms with E-state index >= 15 is 0 Å². The quantitative estimate of drug-likeness (QED) is 0.707. The van der Waals surface area contributed by atoms with E-state index in [1.807, 2.05) is 55.3 Å². The summed E-state index contributed by atoms with van der Waals surface area (Å²) in [5.41, 5.74) is 4.17. The number of benzene rings is 2. The molecule has 0 aliphatic heterocycles.